The molecule has 2 aliphatic rings. The van der Waals surface area contributed by atoms with E-state index in [9.17, 15) is 24.5 Å². The van der Waals surface area contributed by atoms with Gasteiger partial charge >= 0.3 is 0 Å². The number of thioether (sulfide) groups is 1. The van der Waals surface area contributed by atoms with Crippen molar-refractivity contribution < 1.29 is 33.5 Å². The number of imide groups is 1. The topological polar surface area (TPSA) is 137 Å². The molecule has 1 N–H and O–H groups in total. The van der Waals surface area contributed by atoms with Crippen LogP contribution in [0.2, 0.25) is 0 Å². The van der Waals surface area contributed by atoms with Gasteiger partial charge in [-0.2, -0.15) is 0 Å². The fourth-order valence-corrected chi connectivity index (χ4v) is 3.97. The standard InChI is InChI=1S/C21H17N3O8S/c1-2-30-14-5-3-13(4-6-14)22-19(25)10-23-20(26)18(33-21(23)27)8-12-7-16-17(32-11-31-16)9-15(12)24(28)29/h3-9H,2,10-11H2,1H3,(H,22,25)/b18-8-. The highest BCUT2D eigenvalue weighted by atomic mass is 32.2. The Balaban J connectivity index is 1.48. The van der Waals surface area contributed by atoms with E-state index >= 15 is 0 Å². The number of nitro benzene ring substituents is 1. The molecule has 2 aromatic rings. The molecule has 0 spiro atoms. The van der Waals surface area contributed by atoms with E-state index in [1.54, 1.807) is 24.3 Å². The summed E-state index contributed by atoms with van der Waals surface area (Å²) < 4.78 is 15.7. The minimum Gasteiger partial charge on any atom is -0.494 e. The van der Waals surface area contributed by atoms with Gasteiger partial charge in [0.2, 0.25) is 12.7 Å². The smallest absolute Gasteiger partial charge is 0.294 e. The van der Waals surface area contributed by atoms with Crippen LogP contribution in [0.5, 0.6) is 17.2 Å². The molecule has 3 amide bonds. The van der Waals surface area contributed by atoms with Gasteiger partial charge in [-0.15, -0.1) is 0 Å². The van der Waals surface area contributed by atoms with Crippen LogP contribution in [0.4, 0.5) is 16.2 Å². The first-order chi connectivity index (χ1) is 15.9. The molecule has 0 saturated carbocycles. The summed E-state index contributed by atoms with van der Waals surface area (Å²) in [5.41, 5.74) is 0.245. The van der Waals surface area contributed by atoms with Crippen LogP contribution in [0, 0.1) is 10.1 Å². The van der Waals surface area contributed by atoms with Crippen molar-refractivity contribution in [3.8, 4) is 17.2 Å². The van der Waals surface area contributed by atoms with E-state index in [4.69, 9.17) is 14.2 Å². The largest absolute Gasteiger partial charge is 0.494 e. The summed E-state index contributed by atoms with van der Waals surface area (Å²) in [4.78, 5) is 49.0. The van der Waals surface area contributed by atoms with E-state index in [0.29, 0.717) is 35.6 Å². The molecule has 12 heteroatoms. The first-order valence-corrected chi connectivity index (χ1v) is 10.5. The molecular weight excluding hydrogens is 454 g/mol. The molecule has 0 aliphatic carbocycles. The Hall–Kier alpha value is -4.06. The molecular formula is C21H17N3O8S. The van der Waals surface area contributed by atoms with Crippen LogP contribution in [0.1, 0.15) is 12.5 Å². The SMILES string of the molecule is CCOc1ccc(NC(=O)CN2C(=O)S/C(=C\c3cc4c(cc3[N+](=O)[O-])OCO4)C2=O)cc1. The quantitative estimate of drug-likeness (QED) is 0.366. The lowest BCUT2D eigenvalue weighted by Crippen LogP contribution is -2.36. The molecule has 33 heavy (non-hydrogen) atoms. The molecule has 4 rings (SSSR count). The highest BCUT2D eigenvalue weighted by molar-refractivity contribution is 8.18. The van der Waals surface area contributed by atoms with Crippen LogP contribution < -0.4 is 19.5 Å². The number of carbonyl (C=O) groups is 3. The summed E-state index contributed by atoms with van der Waals surface area (Å²) in [7, 11) is 0. The summed E-state index contributed by atoms with van der Waals surface area (Å²) in [6.07, 6.45) is 1.23. The van der Waals surface area contributed by atoms with Gasteiger partial charge in [0.25, 0.3) is 16.8 Å². The number of nitrogens with one attached hydrogen (secondary N) is 1. The molecule has 0 bridgehead atoms. The molecule has 1 saturated heterocycles. The maximum Gasteiger partial charge on any atom is 0.294 e. The minimum absolute atomic E-state index is 0.0455. The Labute approximate surface area is 191 Å². The van der Waals surface area contributed by atoms with Crippen molar-refractivity contribution in [3.05, 3.63) is 57.0 Å². The van der Waals surface area contributed by atoms with E-state index in [1.807, 2.05) is 6.92 Å². The number of hydrogen-bond acceptors (Lipinski definition) is 9. The number of carbonyl (C=O) groups excluding carboxylic acids is 3. The first-order valence-electron chi connectivity index (χ1n) is 9.72. The maximum atomic E-state index is 12.7. The molecule has 2 aromatic carbocycles. The normalized spacial score (nSPS) is 15.8. The summed E-state index contributed by atoms with van der Waals surface area (Å²) in [5, 5.41) is 13.4. The highest BCUT2D eigenvalue weighted by Gasteiger charge is 2.37. The molecule has 2 aliphatic heterocycles. The molecule has 0 atom stereocenters. The lowest BCUT2D eigenvalue weighted by molar-refractivity contribution is -0.385. The molecule has 170 valence electrons. The van der Waals surface area contributed by atoms with Crippen molar-refractivity contribution in [1.82, 2.24) is 4.90 Å². The fraction of sp³-hybridized carbons (Fsp3) is 0.190. The summed E-state index contributed by atoms with van der Waals surface area (Å²) in [6, 6.07) is 9.20. The predicted molar refractivity (Wildman–Crippen MR) is 118 cm³/mol. The zero-order valence-corrected chi connectivity index (χ0v) is 18.0. The van der Waals surface area contributed by atoms with Crippen LogP contribution in [-0.2, 0) is 9.59 Å². The zero-order chi connectivity index (χ0) is 23.5. The van der Waals surface area contributed by atoms with Gasteiger partial charge in [-0.05, 0) is 55.1 Å². The van der Waals surface area contributed by atoms with Gasteiger partial charge in [-0.1, -0.05) is 0 Å². The lowest BCUT2D eigenvalue weighted by atomic mass is 10.1. The third-order valence-electron chi connectivity index (χ3n) is 4.63. The second-order valence-electron chi connectivity index (χ2n) is 6.79. The average molecular weight is 471 g/mol. The van der Waals surface area contributed by atoms with Crippen LogP contribution in [0.15, 0.2) is 41.3 Å². The summed E-state index contributed by atoms with van der Waals surface area (Å²) >= 11 is 0.593. The van der Waals surface area contributed by atoms with E-state index in [2.05, 4.69) is 5.32 Å². The van der Waals surface area contributed by atoms with Crippen molar-refractivity contribution in [3.63, 3.8) is 0 Å². The van der Waals surface area contributed by atoms with Crippen molar-refractivity contribution >= 4 is 46.3 Å². The Bertz CT molecular complexity index is 1180. The van der Waals surface area contributed by atoms with Gasteiger partial charge in [-0.3, -0.25) is 29.4 Å². The second kappa shape index (κ2) is 9.20. The molecule has 0 aromatic heterocycles. The monoisotopic (exact) mass is 471 g/mol. The Morgan fingerprint density at radius 3 is 2.61 bits per heavy atom. The molecule has 1 fully saturated rings. The summed E-state index contributed by atoms with van der Waals surface area (Å²) in [5.74, 6) is -0.140. The molecule has 0 radical (unpaired) electrons. The van der Waals surface area contributed by atoms with Crippen LogP contribution in [0.25, 0.3) is 6.08 Å². The number of fused-ring (bicyclic) bond motifs is 1. The van der Waals surface area contributed by atoms with Gasteiger partial charge < -0.3 is 19.5 Å². The number of amides is 3. The van der Waals surface area contributed by atoms with Gasteiger partial charge in [0.05, 0.1) is 28.1 Å². The van der Waals surface area contributed by atoms with Crippen molar-refractivity contribution in [1.29, 1.82) is 0 Å². The van der Waals surface area contributed by atoms with Crippen LogP contribution >= 0.6 is 11.8 Å². The number of anilines is 1. The predicted octanol–water partition coefficient (Wildman–Crippen LogP) is 3.40. The maximum absolute atomic E-state index is 12.7. The highest BCUT2D eigenvalue weighted by Crippen LogP contribution is 2.40. The number of benzene rings is 2. The fourth-order valence-electron chi connectivity index (χ4n) is 3.14. The van der Waals surface area contributed by atoms with Crippen molar-refractivity contribution in [2.45, 2.75) is 6.92 Å². The average Bonchev–Trinajstić information content (AvgIpc) is 3.34. The van der Waals surface area contributed by atoms with E-state index < -0.39 is 28.5 Å². The number of nitro groups is 1. The van der Waals surface area contributed by atoms with Gasteiger partial charge in [0, 0.05) is 5.69 Å². The Kier molecular flexibility index (Phi) is 6.18. The Morgan fingerprint density at radius 1 is 1.24 bits per heavy atom. The van der Waals surface area contributed by atoms with Gasteiger partial charge in [-0.25, -0.2) is 0 Å². The number of hydrogen-bond donors (Lipinski definition) is 1. The van der Waals surface area contributed by atoms with Gasteiger partial charge in [0.15, 0.2) is 11.5 Å². The third-order valence-corrected chi connectivity index (χ3v) is 5.54. The third kappa shape index (κ3) is 4.75. The van der Waals surface area contributed by atoms with E-state index in [1.165, 1.54) is 18.2 Å². The number of nitrogens with zero attached hydrogens (tertiary/aromatic N) is 2. The molecule has 11 nitrogen and oxygen atoms in total. The van der Waals surface area contributed by atoms with Crippen molar-refractivity contribution in [2.24, 2.45) is 0 Å². The van der Waals surface area contributed by atoms with Crippen molar-refractivity contribution in [2.75, 3.05) is 25.3 Å². The summed E-state index contributed by atoms with van der Waals surface area (Å²) in [6.45, 7) is 1.79. The van der Waals surface area contributed by atoms with Gasteiger partial charge in [0.1, 0.15) is 12.3 Å². The van der Waals surface area contributed by atoms with E-state index in [-0.39, 0.29) is 28.7 Å². The first kappa shape index (κ1) is 22.1. The lowest BCUT2D eigenvalue weighted by Gasteiger charge is -2.12. The van der Waals surface area contributed by atoms with E-state index in [0.717, 1.165) is 4.90 Å². The Morgan fingerprint density at radius 2 is 1.94 bits per heavy atom. The molecule has 0 unspecified atom stereocenters. The number of rotatable bonds is 7. The molecule has 2 heterocycles. The number of ether oxygens (including phenoxy) is 3. The van der Waals surface area contributed by atoms with Crippen LogP contribution in [0.3, 0.4) is 0 Å². The zero-order valence-electron chi connectivity index (χ0n) is 17.2. The minimum atomic E-state index is -0.723. The second-order valence-corrected chi connectivity index (χ2v) is 7.79. The van der Waals surface area contributed by atoms with Crippen LogP contribution in [-0.4, -0.2) is 46.8 Å².